The maximum atomic E-state index is 12.3. The molecule has 2 N–H and O–H groups in total. The van der Waals surface area contributed by atoms with Gasteiger partial charge in [-0.15, -0.1) is 4.83 Å². The number of carbonyl (C=O) groups is 1. The third kappa shape index (κ3) is 3.94. The van der Waals surface area contributed by atoms with Gasteiger partial charge in [0.05, 0.1) is 4.90 Å². The van der Waals surface area contributed by atoms with Gasteiger partial charge in [0, 0.05) is 4.47 Å². The molecule has 1 unspecified atom stereocenters. The maximum Gasteiger partial charge on any atom is 0.279 e. The minimum Gasteiger partial charge on any atom is -0.485 e. The highest BCUT2D eigenvalue weighted by Gasteiger charge is 2.28. The highest BCUT2D eigenvalue weighted by Crippen LogP contribution is 2.30. The van der Waals surface area contributed by atoms with Gasteiger partial charge in [-0.25, -0.2) is 8.42 Å². The lowest BCUT2D eigenvalue weighted by molar-refractivity contribution is -0.130. The molecule has 0 fully saturated rings. The van der Waals surface area contributed by atoms with E-state index in [1.165, 1.54) is 12.1 Å². The number of hydrazine groups is 1. The molecule has 0 bridgehead atoms. The number of aryl methyl sites for hydroxylation is 1. The van der Waals surface area contributed by atoms with Crippen molar-refractivity contribution in [3.63, 3.8) is 0 Å². The summed E-state index contributed by atoms with van der Waals surface area (Å²) in [5, 5.41) is 0. The van der Waals surface area contributed by atoms with E-state index in [4.69, 9.17) is 9.47 Å². The van der Waals surface area contributed by atoms with Gasteiger partial charge >= 0.3 is 0 Å². The third-order valence-corrected chi connectivity index (χ3v) is 5.68. The van der Waals surface area contributed by atoms with Crippen molar-refractivity contribution < 1.29 is 22.7 Å². The van der Waals surface area contributed by atoms with E-state index in [-0.39, 0.29) is 11.5 Å². The fraction of sp³-hybridized carbons (Fsp3) is 0.188. The van der Waals surface area contributed by atoms with Crippen LogP contribution in [-0.2, 0) is 14.8 Å². The van der Waals surface area contributed by atoms with E-state index in [9.17, 15) is 13.2 Å². The van der Waals surface area contributed by atoms with E-state index < -0.39 is 22.0 Å². The number of nitrogens with one attached hydrogen (secondary N) is 2. The normalized spacial score (nSPS) is 16.3. The van der Waals surface area contributed by atoms with Crippen LogP contribution in [-0.4, -0.2) is 27.0 Å². The second kappa shape index (κ2) is 7.03. The zero-order chi connectivity index (χ0) is 18.0. The van der Waals surface area contributed by atoms with Crippen LogP contribution in [0.15, 0.2) is 51.8 Å². The average molecular weight is 427 g/mol. The lowest BCUT2D eigenvalue weighted by atomic mass is 10.2. The van der Waals surface area contributed by atoms with E-state index in [0.717, 1.165) is 10.0 Å². The Bertz CT molecular complexity index is 916. The fourth-order valence-corrected chi connectivity index (χ4v) is 3.37. The first-order chi connectivity index (χ1) is 11.9. The SMILES string of the molecule is Cc1cc(S(=O)(=O)NNC(=O)C2COc3ccccc3O2)ccc1Br. The number of hydrogen-bond donors (Lipinski definition) is 2. The van der Waals surface area contributed by atoms with Gasteiger partial charge in [-0.3, -0.25) is 10.2 Å². The molecule has 0 radical (unpaired) electrons. The summed E-state index contributed by atoms with van der Waals surface area (Å²) in [6.07, 6.45) is -0.954. The van der Waals surface area contributed by atoms with Gasteiger partial charge in [0.1, 0.15) is 6.61 Å². The highest BCUT2D eigenvalue weighted by molar-refractivity contribution is 9.10. The smallest absolute Gasteiger partial charge is 0.279 e. The Kier molecular flexibility index (Phi) is 4.98. The molecule has 7 nitrogen and oxygen atoms in total. The molecule has 2 aromatic carbocycles. The molecule has 1 heterocycles. The molecule has 3 rings (SSSR count). The van der Waals surface area contributed by atoms with Crippen LogP contribution >= 0.6 is 15.9 Å². The Morgan fingerprint density at radius 3 is 2.64 bits per heavy atom. The Morgan fingerprint density at radius 2 is 1.92 bits per heavy atom. The van der Waals surface area contributed by atoms with Gasteiger partial charge < -0.3 is 9.47 Å². The number of carbonyl (C=O) groups excluding carboxylic acids is 1. The molecule has 25 heavy (non-hydrogen) atoms. The first kappa shape index (κ1) is 17.7. The van der Waals surface area contributed by atoms with Gasteiger partial charge in [0.2, 0.25) is 6.10 Å². The summed E-state index contributed by atoms with van der Waals surface area (Å²) in [6, 6.07) is 11.5. The zero-order valence-corrected chi connectivity index (χ0v) is 15.6. The lowest BCUT2D eigenvalue weighted by Gasteiger charge is -2.25. The summed E-state index contributed by atoms with van der Waals surface area (Å²) >= 11 is 3.31. The van der Waals surface area contributed by atoms with Crippen LogP contribution in [0.5, 0.6) is 11.5 Å². The fourth-order valence-electron chi connectivity index (χ4n) is 2.19. The van der Waals surface area contributed by atoms with Crippen molar-refractivity contribution in [2.75, 3.05) is 6.61 Å². The molecular formula is C16H15BrN2O5S. The van der Waals surface area contributed by atoms with Crippen molar-refractivity contribution in [3.05, 3.63) is 52.5 Å². The first-order valence-corrected chi connectivity index (χ1v) is 9.61. The monoisotopic (exact) mass is 426 g/mol. The van der Waals surface area contributed by atoms with Crippen molar-refractivity contribution in [2.24, 2.45) is 0 Å². The lowest BCUT2D eigenvalue weighted by Crippen LogP contribution is -2.50. The standard InChI is InChI=1S/C16H15BrN2O5S/c1-10-8-11(6-7-12(10)17)25(21,22)19-18-16(20)15-9-23-13-4-2-3-5-14(13)24-15/h2-8,15,19H,9H2,1H3,(H,18,20). The predicted molar refractivity (Wildman–Crippen MR) is 93.7 cm³/mol. The van der Waals surface area contributed by atoms with E-state index >= 15 is 0 Å². The third-order valence-electron chi connectivity index (χ3n) is 3.55. The summed E-state index contributed by atoms with van der Waals surface area (Å²) in [5.74, 6) is 0.324. The topological polar surface area (TPSA) is 93.7 Å². The number of benzene rings is 2. The Hall–Kier alpha value is -2.10. The Balaban J connectivity index is 1.65. The van der Waals surface area contributed by atoms with E-state index in [1.807, 2.05) is 0 Å². The summed E-state index contributed by atoms with van der Waals surface area (Å²) in [7, 11) is -3.89. The van der Waals surface area contributed by atoms with E-state index in [2.05, 4.69) is 26.2 Å². The number of sulfonamides is 1. The highest BCUT2D eigenvalue weighted by atomic mass is 79.9. The number of amides is 1. The zero-order valence-electron chi connectivity index (χ0n) is 13.2. The minimum absolute atomic E-state index is 0.0119. The second-order valence-corrected chi connectivity index (χ2v) is 7.91. The number of halogens is 1. The summed E-state index contributed by atoms with van der Waals surface area (Å²) in [6.45, 7) is 1.76. The van der Waals surface area contributed by atoms with Crippen LogP contribution in [0, 0.1) is 6.92 Å². The molecule has 0 spiro atoms. The number of hydrogen-bond acceptors (Lipinski definition) is 5. The van der Waals surface area contributed by atoms with Crippen LogP contribution in [0.25, 0.3) is 0 Å². The van der Waals surface area contributed by atoms with E-state index in [1.54, 1.807) is 37.3 Å². The van der Waals surface area contributed by atoms with E-state index in [0.29, 0.717) is 11.5 Å². The van der Waals surface area contributed by atoms with Crippen molar-refractivity contribution in [1.82, 2.24) is 10.3 Å². The summed E-state index contributed by atoms with van der Waals surface area (Å²) < 4.78 is 36.3. The molecule has 0 saturated heterocycles. The molecule has 132 valence electrons. The quantitative estimate of drug-likeness (QED) is 0.728. The molecular weight excluding hydrogens is 412 g/mol. The van der Waals surface area contributed by atoms with Crippen LogP contribution in [0.2, 0.25) is 0 Å². The molecule has 1 amide bonds. The van der Waals surface area contributed by atoms with Crippen molar-refractivity contribution >= 4 is 31.9 Å². The summed E-state index contributed by atoms with van der Waals surface area (Å²) in [5.41, 5.74) is 2.92. The maximum absolute atomic E-state index is 12.3. The Morgan fingerprint density at radius 1 is 1.20 bits per heavy atom. The van der Waals surface area contributed by atoms with Gasteiger partial charge in [0.15, 0.2) is 11.5 Å². The molecule has 0 saturated carbocycles. The van der Waals surface area contributed by atoms with Crippen LogP contribution in [0.4, 0.5) is 0 Å². The molecule has 1 aliphatic heterocycles. The predicted octanol–water partition coefficient (Wildman–Crippen LogP) is 1.91. The van der Waals surface area contributed by atoms with Crippen molar-refractivity contribution in [2.45, 2.75) is 17.9 Å². The van der Waals surface area contributed by atoms with Gasteiger partial charge in [0.25, 0.3) is 15.9 Å². The van der Waals surface area contributed by atoms with Crippen LogP contribution in [0.1, 0.15) is 5.56 Å². The Labute approximate surface area is 153 Å². The summed E-state index contributed by atoms with van der Waals surface area (Å²) in [4.78, 5) is 14.3. The van der Waals surface area contributed by atoms with Crippen LogP contribution < -0.4 is 19.7 Å². The second-order valence-electron chi connectivity index (χ2n) is 5.37. The number of para-hydroxylation sites is 2. The number of rotatable bonds is 4. The molecule has 9 heteroatoms. The largest absolute Gasteiger partial charge is 0.485 e. The van der Waals surface area contributed by atoms with Crippen molar-refractivity contribution in [1.29, 1.82) is 0 Å². The number of fused-ring (bicyclic) bond motifs is 1. The molecule has 0 aromatic heterocycles. The average Bonchev–Trinajstić information content (AvgIpc) is 2.61. The number of ether oxygens (including phenoxy) is 2. The van der Waals surface area contributed by atoms with Crippen molar-refractivity contribution in [3.8, 4) is 11.5 Å². The molecule has 1 aliphatic rings. The molecule has 1 atom stereocenters. The minimum atomic E-state index is -3.89. The van der Waals surface area contributed by atoms with Gasteiger partial charge in [-0.05, 0) is 42.8 Å². The van der Waals surface area contributed by atoms with Gasteiger partial charge in [-0.2, -0.15) is 0 Å². The molecule has 2 aromatic rings. The van der Waals surface area contributed by atoms with Crippen LogP contribution in [0.3, 0.4) is 0 Å². The first-order valence-electron chi connectivity index (χ1n) is 7.33. The van der Waals surface area contributed by atoms with Gasteiger partial charge in [-0.1, -0.05) is 28.1 Å². The molecule has 0 aliphatic carbocycles.